The second kappa shape index (κ2) is 6.02. The largest absolute Gasteiger partial charge is 0.337 e. The van der Waals surface area contributed by atoms with Crippen molar-refractivity contribution in [3.63, 3.8) is 0 Å². The van der Waals surface area contributed by atoms with E-state index < -0.39 is 6.03 Å². The van der Waals surface area contributed by atoms with Gasteiger partial charge >= 0.3 is 6.03 Å². The SMILES string of the molecule is N#Cc1cccc(NNC(=O)Nc2cccnc2)c1. The Balaban J connectivity index is 1.88. The highest BCUT2D eigenvalue weighted by Gasteiger charge is 2.01. The normalized spacial score (nSPS) is 9.21. The van der Waals surface area contributed by atoms with Gasteiger partial charge in [-0.05, 0) is 30.3 Å². The van der Waals surface area contributed by atoms with Gasteiger partial charge in [0.15, 0.2) is 0 Å². The Bertz CT molecular complexity index is 606. The van der Waals surface area contributed by atoms with Crippen LogP contribution < -0.4 is 16.2 Å². The first-order valence-electron chi connectivity index (χ1n) is 5.51. The number of nitrogens with one attached hydrogen (secondary N) is 3. The van der Waals surface area contributed by atoms with E-state index in [4.69, 9.17) is 5.26 Å². The molecule has 0 atom stereocenters. The lowest BCUT2D eigenvalue weighted by Crippen LogP contribution is -2.33. The quantitative estimate of drug-likeness (QED) is 0.731. The number of hydrogen-bond acceptors (Lipinski definition) is 4. The number of nitrogens with zero attached hydrogens (tertiary/aromatic N) is 2. The average Bonchev–Trinajstić information content (AvgIpc) is 2.46. The van der Waals surface area contributed by atoms with Crippen molar-refractivity contribution in [1.82, 2.24) is 10.4 Å². The predicted octanol–water partition coefficient (Wildman–Crippen LogP) is 2.10. The zero-order valence-corrected chi connectivity index (χ0v) is 9.92. The van der Waals surface area contributed by atoms with E-state index in [2.05, 4.69) is 21.2 Å². The van der Waals surface area contributed by atoms with Gasteiger partial charge in [-0.2, -0.15) is 5.26 Å². The number of anilines is 2. The van der Waals surface area contributed by atoms with Crippen LogP contribution in [0.1, 0.15) is 5.56 Å². The molecule has 2 aromatic rings. The number of carbonyl (C=O) groups is 1. The molecule has 1 aromatic heterocycles. The van der Waals surface area contributed by atoms with Crippen LogP contribution in [0, 0.1) is 11.3 Å². The Kier molecular flexibility index (Phi) is 3.93. The number of aromatic nitrogens is 1. The predicted molar refractivity (Wildman–Crippen MR) is 71.2 cm³/mol. The summed E-state index contributed by atoms with van der Waals surface area (Å²) in [4.78, 5) is 15.4. The standard InChI is InChI=1S/C13H11N5O/c14-8-10-3-1-4-11(7-10)17-18-13(19)16-12-5-2-6-15-9-12/h1-7,9,17H,(H2,16,18,19). The van der Waals surface area contributed by atoms with Gasteiger partial charge in [-0.3, -0.25) is 15.8 Å². The van der Waals surface area contributed by atoms with Gasteiger partial charge in [0, 0.05) is 6.20 Å². The van der Waals surface area contributed by atoms with E-state index in [0.717, 1.165) is 0 Å². The fourth-order valence-electron chi connectivity index (χ4n) is 1.39. The van der Waals surface area contributed by atoms with E-state index in [1.54, 1.807) is 42.6 Å². The molecular weight excluding hydrogens is 242 g/mol. The molecule has 3 N–H and O–H groups in total. The highest BCUT2D eigenvalue weighted by Crippen LogP contribution is 2.08. The zero-order valence-electron chi connectivity index (χ0n) is 9.92. The first-order valence-corrected chi connectivity index (χ1v) is 5.51. The summed E-state index contributed by atoms with van der Waals surface area (Å²) in [6, 6.07) is 11.8. The van der Waals surface area contributed by atoms with Crippen LogP contribution in [0.3, 0.4) is 0 Å². The number of benzene rings is 1. The number of hydrogen-bond donors (Lipinski definition) is 3. The minimum absolute atomic E-state index is 0.421. The van der Waals surface area contributed by atoms with Gasteiger partial charge in [-0.25, -0.2) is 4.79 Å². The second-order valence-electron chi connectivity index (χ2n) is 3.64. The molecule has 2 rings (SSSR count). The van der Waals surface area contributed by atoms with E-state index in [9.17, 15) is 4.79 Å². The first-order chi connectivity index (χ1) is 9.28. The van der Waals surface area contributed by atoms with Gasteiger partial charge in [0.1, 0.15) is 0 Å². The molecule has 0 aliphatic carbocycles. The molecule has 1 aromatic carbocycles. The summed E-state index contributed by atoms with van der Waals surface area (Å²) in [5.74, 6) is 0. The van der Waals surface area contributed by atoms with Crippen molar-refractivity contribution >= 4 is 17.4 Å². The van der Waals surface area contributed by atoms with Crippen molar-refractivity contribution in [3.8, 4) is 6.07 Å². The molecule has 0 aliphatic rings. The summed E-state index contributed by atoms with van der Waals surface area (Å²) in [5.41, 5.74) is 6.90. The van der Waals surface area contributed by atoms with Crippen LogP contribution in [-0.4, -0.2) is 11.0 Å². The van der Waals surface area contributed by atoms with Gasteiger partial charge < -0.3 is 5.32 Å². The van der Waals surface area contributed by atoms with Crippen LogP contribution in [0.25, 0.3) is 0 Å². The van der Waals surface area contributed by atoms with Crippen molar-refractivity contribution in [3.05, 3.63) is 54.4 Å². The summed E-state index contributed by atoms with van der Waals surface area (Å²) in [5, 5.41) is 11.4. The maximum Gasteiger partial charge on any atom is 0.337 e. The van der Waals surface area contributed by atoms with Gasteiger partial charge in [0.05, 0.1) is 29.2 Å². The topological polar surface area (TPSA) is 89.8 Å². The molecule has 6 nitrogen and oxygen atoms in total. The zero-order chi connectivity index (χ0) is 13.5. The van der Waals surface area contributed by atoms with Crippen LogP contribution in [0.2, 0.25) is 0 Å². The average molecular weight is 253 g/mol. The van der Waals surface area contributed by atoms with Crippen LogP contribution >= 0.6 is 0 Å². The second-order valence-corrected chi connectivity index (χ2v) is 3.64. The molecule has 6 heteroatoms. The van der Waals surface area contributed by atoms with Crippen LogP contribution in [-0.2, 0) is 0 Å². The molecule has 0 fully saturated rings. The lowest BCUT2D eigenvalue weighted by Gasteiger charge is -2.09. The molecular formula is C13H11N5O. The molecule has 0 bridgehead atoms. The fourth-order valence-corrected chi connectivity index (χ4v) is 1.39. The molecule has 94 valence electrons. The Morgan fingerprint density at radius 1 is 1.21 bits per heavy atom. The smallest absolute Gasteiger partial charge is 0.305 e. The maximum atomic E-state index is 11.6. The summed E-state index contributed by atoms with van der Waals surface area (Å²) < 4.78 is 0. The van der Waals surface area contributed by atoms with Crippen molar-refractivity contribution in [2.75, 3.05) is 10.7 Å². The minimum atomic E-state index is -0.421. The fraction of sp³-hybridized carbons (Fsp3) is 0. The molecule has 0 radical (unpaired) electrons. The van der Waals surface area contributed by atoms with E-state index in [1.165, 1.54) is 6.20 Å². The monoisotopic (exact) mass is 253 g/mol. The number of pyridine rings is 1. The van der Waals surface area contributed by atoms with Gasteiger partial charge in [0.25, 0.3) is 0 Å². The van der Waals surface area contributed by atoms with Gasteiger partial charge in [-0.15, -0.1) is 0 Å². The van der Waals surface area contributed by atoms with Gasteiger partial charge in [0.2, 0.25) is 0 Å². The molecule has 0 aliphatic heterocycles. The molecule has 2 amide bonds. The number of urea groups is 1. The lowest BCUT2D eigenvalue weighted by molar-refractivity contribution is 0.254. The molecule has 0 unspecified atom stereocenters. The van der Waals surface area contributed by atoms with Gasteiger partial charge in [-0.1, -0.05) is 6.07 Å². The first kappa shape index (κ1) is 12.4. The van der Waals surface area contributed by atoms with E-state index in [-0.39, 0.29) is 0 Å². The highest BCUT2D eigenvalue weighted by atomic mass is 16.2. The summed E-state index contributed by atoms with van der Waals surface area (Å²) in [6.07, 6.45) is 3.16. The van der Waals surface area contributed by atoms with Crippen molar-refractivity contribution < 1.29 is 4.79 Å². The van der Waals surface area contributed by atoms with E-state index in [1.807, 2.05) is 6.07 Å². The Labute approximate surface area is 110 Å². The lowest BCUT2D eigenvalue weighted by atomic mass is 10.2. The Morgan fingerprint density at radius 3 is 2.79 bits per heavy atom. The van der Waals surface area contributed by atoms with E-state index in [0.29, 0.717) is 16.9 Å². The van der Waals surface area contributed by atoms with Crippen LogP contribution in [0.4, 0.5) is 16.2 Å². The third-order valence-corrected chi connectivity index (χ3v) is 2.23. The summed E-state index contributed by atoms with van der Waals surface area (Å²) in [6.45, 7) is 0. The third-order valence-electron chi connectivity index (χ3n) is 2.23. The number of carbonyl (C=O) groups excluding carboxylic acids is 1. The highest BCUT2D eigenvalue weighted by molar-refractivity contribution is 5.89. The molecule has 0 saturated carbocycles. The third kappa shape index (κ3) is 3.71. The number of nitriles is 1. The van der Waals surface area contributed by atoms with Crippen LogP contribution in [0.15, 0.2) is 48.8 Å². The minimum Gasteiger partial charge on any atom is -0.305 e. The summed E-state index contributed by atoms with van der Waals surface area (Å²) in [7, 11) is 0. The van der Waals surface area contributed by atoms with Crippen LogP contribution in [0.5, 0.6) is 0 Å². The van der Waals surface area contributed by atoms with Crippen molar-refractivity contribution in [2.45, 2.75) is 0 Å². The molecule has 19 heavy (non-hydrogen) atoms. The Morgan fingerprint density at radius 2 is 2.05 bits per heavy atom. The van der Waals surface area contributed by atoms with Crippen molar-refractivity contribution in [2.24, 2.45) is 0 Å². The van der Waals surface area contributed by atoms with Crippen molar-refractivity contribution in [1.29, 1.82) is 5.26 Å². The molecule has 0 spiro atoms. The number of amides is 2. The summed E-state index contributed by atoms with van der Waals surface area (Å²) >= 11 is 0. The number of hydrazine groups is 1. The number of rotatable bonds is 3. The van der Waals surface area contributed by atoms with E-state index >= 15 is 0 Å². The Hall–Kier alpha value is -3.07. The molecule has 0 saturated heterocycles. The molecule has 1 heterocycles. The maximum absolute atomic E-state index is 11.6.